The second-order valence-electron chi connectivity index (χ2n) is 17.3. The fourth-order valence-corrected chi connectivity index (χ4v) is 10.8. The first-order valence-electron chi connectivity index (χ1n) is 19.9. The number of rotatable bonds is 8. The molecule has 0 amide bonds. The van der Waals surface area contributed by atoms with Crippen molar-refractivity contribution in [2.45, 2.75) is 44.7 Å². The predicted octanol–water partition coefficient (Wildman–Crippen LogP) is 12.0. The molecule has 3 nitrogen and oxygen atoms in total. The zero-order valence-electron chi connectivity index (χ0n) is 33.6. The molecule has 278 valence electrons. The number of hydrogen-bond donors (Lipinski definition) is 0. The van der Waals surface area contributed by atoms with E-state index < -0.39 is 21.6 Å². The van der Waals surface area contributed by atoms with Gasteiger partial charge in [0.15, 0.2) is 17.5 Å². The zero-order chi connectivity index (χ0) is 39.4. The molecule has 0 atom stereocenters. The molecule has 0 radical (unpaired) electrons. The van der Waals surface area contributed by atoms with E-state index in [1.165, 1.54) is 43.8 Å². The number of benzene rings is 7. The highest BCUT2D eigenvalue weighted by Crippen LogP contribution is 2.56. The lowest BCUT2D eigenvalue weighted by atomic mass is 9.67. The van der Waals surface area contributed by atoms with Crippen molar-refractivity contribution in [1.82, 2.24) is 15.0 Å². The van der Waals surface area contributed by atoms with Crippen LogP contribution < -0.4 is 10.4 Å². The van der Waals surface area contributed by atoms with Crippen LogP contribution in [0.5, 0.6) is 0 Å². The van der Waals surface area contributed by atoms with Crippen LogP contribution >= 0.6 is 0 Å². The smallest absolute Gasteiger partial charge is 0.164 e. The van der Waals surface area contributed by atoms with E-state index in [-0.39, 0.29) is 0 Å². The van der Waals surface area contributed by atoms with Crippen LogP contribution in [0, 0.1) is 0 Å². The van der Waals surface area contributed by atoms with Crippen molar-refractivity contribution < 1.29 is 0 Å². The molecule has 1 aliphatic rings. The molecule has 0 N–H and O–H groups in total. The summed E-state index contributed by atoms with van der Waals surface area (Å²) in [4.78, 5) is 15.4. The Balaban J connectivity index is 1.17. The first-order valence-corrected chi connectivity index (χ1v) is 26.9. The molecule has 1 heterocycles. The molecule has 0 unspecified atom stereocenters. The van der Waals surface area contributed by atoms with Gasteiger partial charge in [0.05, 0.1) is 21.6 Å². The maximum Gasteiger partial charge on any atom is 0.164 e. The van der Waals surface area contributed by atoms with Crippen LogP contribution in [0.15, 0.2) is 176 Å². The molecule has 0 bridgehead atoms. The third-order valence-electron chi connectivity index (χ3n) is 11.6. The summed E-state index contributed by atoms with van der Waals surface area (Å²) in [6.45, 7) is 14.3. The normalized spacial score (nSPS) is 13.2. The van der Waals surface area contributed by atoms with E-state index in [2.05, 4.69) is 215 Å². The van der Waals surface area contributed by atoms with Crippen LogP contribution in [0.25, 0.3) is 56.4 Å². The van der Waals surface area contributed by atoms with Crippen LogP contribution in [-0.4, -0.2) is 31.1 Å². The highest BCUT2D eigenvalue weighted by atomic mass is 28.3. The minimum atomic E-state index is -1.46. The number of fused-ring (bicyclic) bond motifs is 3. The Bertz CT molecular complexity index is 2610. The molecule has 0 fully saturated rings. The monoisotopic (exact) mass is 769 g/mol. The molecule has 5 heteroatoms. The molecule has 7 aromatic carbocycles. The van der Waals surface area contributed by atoms with Crippen LogP contribution in [0.4, 0.5) is 0 Å². The Morgan fingerprint density at radius 1 is 0.333 bits per heavy atom. The minimum Gasteiger partial charge on any atom is -0.208 e. The maximum absolute atomic E-state index is 5.15. The summed E-state index contributed by atoms with van der Waals surface area (Å²) in [5.41, 5.74) is 12.5. The SMILES string of the molecule is C[Si](C)(C)c1ccc(-c2nc(-c3ccc([Si](C)(C)C)cc3)nc(-c3cccc(-c4ccc5c(c4)-c4ccccc4C5(c4ccccc4)c4ccccc4)c3)n2)cc1. The first-order chi connectivity index (χ1) is 27.5. The van der Waals surface area contributed by atoms with Crippen LogP contribution in [-0.2, 0) is 5.41 Å². The minimum absolute atomic E-state index is 0.424. The van der Waals surface area contributed by atoms with Crippen molar-refractivity contribution in [1.29, 1.82) is 0 Å². The summed E-state index contributed by atoms with van der Waals surface area (Å²) in [5.74, 6) is 2.03. The average Bonchev–Trinajstić information content (AvgIpc) is 3.54. The molecule has 8 aromatic rings. The van der Waals surface area contributed by atoms with Crippen molar-refractivity contribution in [3.05, 3.63) is 198 Å². The fraction of sp³-hybridized carbons (Fsp3) is 0.135. The van der Waals surface area contributed by atoms with Crippen molar-refractivity contribution in [2.24, 2.45) is 0 Å². The van der Waals surface area contributed by atoms with Gasteiger partial charge in [0.1, 0.15) is 0 Å². The van der Waals surface area contributed by atoms with E-state index in [0.29, 0.717) is 17.5 Å². The van der Waals surface area contributed by atoms with Gasteiger partial charge in [-0.2, -0.15) is 0 Å². The van der Waals surface area contributed by atoms with Crippen molar-refractivity contribution in [3.63, 3.8) is 0 Å². The van der Waals surface area contributed by atoms with Gasteiger partial charge < -0.3 is 0 Å². The largest absolute Gasteiger partial charge is 0.208 e. The summed E-state index contributed by atoms with van der Waals surface area (Å²) in [6.07, 6.45) is 0. The Labute approximate surface area is 339 Å². The van der Waals surface area contributed by atoms with Gasteiger partial charge >= 0.3 is 0 Å². The summed E-state index contributed by atoms with van der Waals surface area (Å²) < 4.78 is 0. The summed E-state index contributed by atoms with van der Waals surface area (Å²) in [7, 11) is -2.93. The lowest BCUT2D eigenvalue weighted by Crippen LogP contribution is -2.37. The standard InChI is InChI=1S/C52H47N3Si2/c1-56(2,3)43-29-24-36(25-30-43)49-53-50(37-26-31-44(32-27-37)57(4,5)6)55-51(54-49)40-17-15-16-38(34-40)39-28-33-48-46(35-39)45-22-13-14-23-47(45)52(48,41-18-9-7-10-19-41)42-20-11-8-12-21-42/h7-35H,1-6H3. The molecular formula is C52H47N3Si2. The molecule has 0 aliphatic heterocycles. The zero-order valence-corrected chi connectivity index (χ0v) is 35.6. The van der Waals surface area contributed by atoms with Crippen molar-refractivity contribution in [3.8, 4) is 56.4 Å². The van der Waals surface area contributed by atoms with Crippen LogP contribution in [0.1, 0.15) is 22.3 Å². The quantitative estimate of drug-likeness (QED) is 0.145. The van der Waals surface area contributed by atoms with Gasteiger partial charge in [-0.15, -0.1) is 0 Å². The topological polar surface area (TPSA) is 38.7 Å². The molecule has 0 saturated carbocycles. The van der Waals surface area contributed by atoms with Gasteiger partial charge in [-0.1, -0.05) is 213 Å². The Morgan fingerprint density at radius 3 is 1.28 bits per heavy atom. The molecular weight excluding hydrogens is 723 g/mol. The molecule has 9 rings (SSSR count). The number of aromatic nitrogens is 3. The summed E-state index contributed by atoms with van der Waals surface area (Å²) in [6, 6.07) is 64.3. The molecule has 1 aromatic heterocycles. The lowest BCUT2D eigenvalue weighted by Gasteiger charge is -2.33. The second kappa shape index (κ2) is 14.2. The van der Waals surface area contributed by atoms with Gasteiger partial charge in [-0.25, -0.2) is 15.0 Å². The maximum atomic E-state index is 5.15. The van der Waals surface area contributed by atoms with Crippen molar-refractivity contribution in [2.75, 3.05) is 0 Å². The van der Waals surface area contributed by atoms with Gasteiger partial charge in [-0.3, -0.25) is 0 Å². The highest BCUT2D eigenvalue weighted by Gasteiger charge is 2.46. The number of nitrogens with zero attached hydrogens (tertiary/aromatic N) is 3. The van der Waals surface area contributed by atoms with Crippen LogP contribution in [0.2, 0.25) is 39.3 Å². The summed E-state index contributed by atoms with van der Waals surface area (Å²) in [5, 5.41) is 2.83. The van der Waals surface area contributed by atoms with E-state index in [9.17, 15) is 0 Å². The number of hydrogen-bond acceptors (Lipinski definition) is 3. The molecule has 0 saturated heterocycles. The van der Waals surface area contributed by atoms with Gasteiger partial charge in [-0.05, 0) is 56.6 Å². The van der Waals surface area contributed by atoms with E-state index in [1.54, 1.807) is 0 Å². The van der Waals surface area contributed by atoms with E-state index in [1.807, 2.05) is 0 Å². The predicted molar refractivity (Wildman–Crippen MR) is 245 cm³/mol. The van der Waals surface area contributed by atoms with E-state index in [0.717, 1.165) is 27.8 Å². The fourth-order valence-electron chi connectivity index (χ4n) is 8.47. The molecule has 0 spiro atoms. The van der Waals surface area contributed by atoms with E-state index in [4.69, 9.17) is 15.0 Å². The Morgan fingerprint density at radius 2 is 0.754 bits per heavy atom. The second-order valence-corrected chi connectivity index (χ2v) is 27.5. The Hall–Kier alpha value is -6.02. The Kier molecular flexibility index (Phi) is 9.10. The van der Waals surface area contributed by atoms with Gasteiger partial charge in [0.2, 0.25) is 0 Å². The first kappa shape index (κ1) is 36.6. The van der Waals surface area contributed by atoms with Gasteiger partial charge in [0, 0.05) is 16.7 Å². The highest BCUT2D eigenvalue weighted by molar-refractivity contribution is 6.89. The lowest BCUT2D eigenvalue weighted by molar-refractivity contribution is 0.768. The van der Waals surface area contributed by atoms with Crippen molar-refractivity contribution >= 4 is 26.5 Å². The van der Waals surface area contributed by atoms with E-state index >= 15 is 0 Å². The van der Waals surface area contributed by atoms with Gasteiger partial charge in [0.25, 0.3) is 0 Å². The third kappa shape index (κ3) is 6.61. The third-order valence-corrected chi connectivity index (χ3v) is 15.7. The van der Waals surface area contributed by atoms with Crippen LogP contribution in [0.3, 0.4) is 0 Å². The summed E-state index contributed by atoms with van der Waals surface area (Å²) >= 11 is 0. The molecule has 57 heavy (non-hydrogen) atoms. The molecule has 1 aliphatic carbocycles. The average molecular weight is 770 g/mol.